The summed E-state index contributed by atoms with van der Waals surface area (Å²) in [6.45, 7) is 0. The van der Waals surface area contributed by atoms with Crippen molar-refractivity contribution in [2.75, 3.05) is 11.1 Å². The van der Waals surface area contributed by atoms with Gasteiger partial charge in [-0.2, -0.15) is 0 Å². The van der Waals surface area contributed by atoms with E-state index in [0.29, 0.717) is 36.2 Å². The molecule has 3 aromatic rings. The summed E-state index contributed by atoms with van der Waals surface area (Å²) in [5.74, 6) is 0.616. The molecule has 1 heterocycles. The Morgan fingerprint density at radius 2 is 1.93 bits per heavy atom. The third-order valence-corrected chi connectivity index (χ3v) is 6.32. The Balaban J connectivity index is 1.67. The van der Waals surface area contributed by atoms with Crippen LogP contribution < -0.4 is 5.32 Å². The van der Waals surface area contributed by atoms with E-state index in [1.54, 1.807) is 41.0 Å². The number of hydrogen-bond acceptors (Lipinski definition) is 4. The van der Waals surface area contributed by atoms with Gasteiger partial charge in [-0.15, -0.1) is 10.2 Å². The number of anilines is 1. The van der Waals surface area contributed by atoms with Crippen molar-refractivity contribution in [1.82, 2.24) is 14.8 Å². The molecule has 0 aliphatic heterocycles. The topological polar surface area (TPSA) is 59.8 Å². The first-order valence-corrected chi connectivity index (χ1v) is 10.5. The van der Waals surface area contributed by atoms with Gasteiger partial charge < -0.3 is 9.88 Å². The van der Waals surface area contributed by atoms with Crippen LogP contribution >= 0.6 is 62.5 Å². The van der Waals surface area contributed by atoms with E-state index < -0.39 is 0 Å². The van der Waals surface area contributed by atoms with Crippen LogP contribution in [0.3, 0.4) is 0 Å². The quantitative estimate of drug-likeness (QED) is 0.436. The van der Waals surface area contributed by atoms with Crippen molar-refractivity contribution < 1.29 is 4.79 Å². The van der Waals surface area contributed by atoms with Gasteiger partial charge in [-0.1, -0.05) is 46.6 Å². The lowest BCUT2D eigenvalue weighted by Crippen LogP contribution is -2.14. The Morgan fingerprint density at radius 1 is 1.15 bits per heavy atom. The van der Waals surface area contributed by atoms with Gasteiger partial charge in [0.15, 0.2) is 11.0 Å². The van der Waals surface area contributed by atoms with Gasteiger partial charge in [-0.25, -0.2) is 0 Å². The third kappa shape index (κ3) is 4.97. The Bertz CT molecular complexity index is 1010. The second kappa shape index (κ2) is 8.84. The minimum atomic E-state index is -0.164. The summed E-state index contributed by atoms with van der Waals surface area (Å²) in [6, 6.07) is 10.4. The van der Waals surface area contributed by atoms with E-state index in [-0.39, 0.29) is 11.7 Å². The molecule has 1 aromatic heterocycles. The fraction of sp³-hybridized carbons (Fsp3) is 0.118. The summed E-state index contributed by atoms with van der Waals surface area (Å²) in [6.07, 6.45) is 0. The van der Waals surface area contributed by atoms with E-state index in [4.69, 9.17) is 34.8 Å². The molecule has 0 aliphatic rings. The van der Waals surface area contributed by atoms with Crippen LogP contribution in [0.4, 0.5) is 5.69 Å². The van der Waals surface area contributed by atoms with Crippen LogP contribution in [0.25, 0.3) is 11.4 Å². The number of halogens is 4. The first kappa shape index (κ1) is 20.5. The molecule has 0 bridgehead atoms. The number of hydrogen-bond donors (Lipinski definition) is 1. The molecule has 0 atom stereocenters. The molecule has 0 fully saturated rings. The van der Waals surface area contributed by atoms with E-state index >= 15 is 0 Å². The van der Waals surface area contributed by atoms with Crippen LogP contribution in [0.1, 0.15) is 0 Å². The number of benzene rings is 2. The smallest absolute Gasteiger partial charge is 0.234 e. The molecule has 27 heavy (non-hydrogen) atoms. The number of carbonyl (C=O) groups is 1. The number of thioether (sulfide) groups is 1. The van der Waals surface area contributed by atoms with Crippen LogP contribution in [0, 0.1) is 0 Å². The highest BCUT2D eigenvalue weighted by Crippen LogP contribution is 2.31. The van der Waals surface area contributed by atoms with Crippen molar-refractivity contribution in [3.63, 3.8) is 0 Å². The molecule has 0 saturated carbocycles. The summed E-state index contributed by atoms with van der Waals surface area (Å²) in [5, 5.41) is 13.3. The molecule has 3 rings (SSSR count). The highest BCUT2D eigenvalue weighted by atomic mass is 79.9. The maximum absolute atomic E-state index is 12.2. The molecular weight excluding hydrogens is 495 g/mol. The van der Waals surface area contributed by atoms with Crippen molar-refractivity contribution in [2.24, 2.45) is 7.05 Å². The Hall–Kier alpha value is -1.25. The van der Waals surface area contributed by atoms with Gasteiger partial charge in [0.1, 0.15) is 0 Å². The van der Waals surface area contributed by atoms with Crippen molar-refractivity contribution >= 4 is 74.1 Å². The van der Waals surface area contributed by atoms with Gasteiger partial charge >= 0.3 is 0 Å². The van der Waals surface area contributed by atoms with Crippen molar-refractivity contribution in [3.05, 3.63) is 55.9 Å². The third-order valence-electron chi connectivity index (χ3n) is 3.54. The Kier molecular flexibility index (Phi) is 6.70. The summed E-state index contributed by atoms with van der Waals surface area (Å²) < 4.78 is 2.50. The van der Waals surface area contributed by atoms with E-state index in [1.165, 1.54) is 11.8 Å². The maximum Gasteiger partial charge on any atom is 0.234 e. The summed E-state index contributed by atoms with van der Waals surface area (Å²) >= 11 is 22.7. The average molecular weight is 507 g/mol. The van der Waals surface area contributed by atoms with Crippen molar-refractivity contribution in [1.29, 1.82) is 0 Å². The fourth-order valence-electron chi connectivity index (χ4n) is 2.25. The number of nitrogens with zero attached hydrogens (tertiary/aromatic N) is 3. The van der Waals surface area contributed by atoms with E-state index in [9.17, 15) is 4.79 Å². The standard InChI is InChI=1S/C17H12BrCl3N4OS/c1-25-16(11-4-2-9(19)6-14(11)21)23-24-17(25)27-8-15(26)22-10-3-5-13(20)12(18)7-10/h2-7H,8H2,1H3,(H,22,26). The second-order valence-electron chi connectivity index (χ2n) is 5.46. The average Bonchev–Trinajstić information content (AvgIpc) is 2.97. The van der Waals surface area contributed by atoms with Gasteiger partial charge in [-0.3, -0.25) is 4.79 Å². The van der Waals surface area contributed by atoms with Crippen LogP contribution in [-0.2, 0) is 11.8 Å². The van der Waals surface area contributed by atoms with Crippen molar-refractivity contribution in [3.8, 4) is 11.4 Å². The zero-order valence-electron chi connectivity index (χ0n) is 13.8. The maximum atomic E-state index is 12.2. The number of carbonyl (C=O) groups excluding carboxylic acids is 1. The molecule has 0 aliphatic carbocycles. The predicted octanol–water partition coefficient (Wildman–Crippen LogP) is 5.94. The highest BCUT2D eigenvalue weighted by Gasteiger charge is 2.15. The molecule has 0 unspecified atom stereocenters. The van der Waals surface area contributed by atoms with E-state index in [2.05, 4.69) is 31.4 Å². The monoisotopic (exact) mass is 504 g/mol. The zero-order chi connectivity index (χ0) is 19.6. The highest BCUT2D eigenvalue weighted by molar-refractivity contribution is 9.10. The fourth-order valence-corrected chi connectivity index (χ4v) is 3.95. The summed E-state index contributed by atoms with van der Waals surface area (Å²) in [4.78, 5) is 12.2. The molecular formula is C17H12BrCl3N4OS. The summed E-state index contributed by atoms with van der Waals surface area (Å²) in [7, 11) is 1.82. The van der Waals surface area contributed by atoms with Gasteiger partial charge in [0.25, 0.3) is 0 Å². The van der Waals surface area contributed by atoms with Gasteiger partial charge in [0, 0.05) is 27.8 Å². The Morgan fingerprint density at radius 3 is 2.63 bits per heavy atom. The lowest BCUT2D eigenvalue weighted by Gasteiger charge is -2.07. The molecule has 5 nitrogen and oxygen atoms in total. The summed E-state index contributed by atoms with van der Waals surface area (Å²) in [5.41, 5.74) is 1.38. The number of rotatable bonds is 5. The lowest BCUT2D eigenvalue weighted by molar-refractivity contribution is -0.113. The molecule has 10 heteroatoms. The van der Waals surface area contributed by atoms with Crippen LogP contribution in [-0.4, -0.2) is 26.4 Å². The van der Waals surface area contributed by atoms with Gasteiger partial charge in [-0.05, 0) is 52.3 Å². The SMILES string of the molecule is Cn1c(SCC(=O)Nc2ccc(Cl)c(Br)c2)nnc1-c1ccc(Cl)cc1Cl. The van der Waals surface area contributed by atoms with Gasteiger partial charge in [0.05, 0.1) is 15.8 Å². The molecule has 0 spiro atoms. The first-order valence-electron chi connectivity index (χ1n) is 7.57. The minimum absolute atomic E-state index is 0.164. The van der Waals surface area contributed by atoms with Crippen LogP contribution in [0.2, 0.25) is 15.1 Å². The molecule has 1 amide bonds. The number of amides is 1. The number of aromatic nitrogens is 3. The molecule has 0 saturated heterocycles. The van der Waals surface area contributed by atoms with E-state index in [0.717, 1.165) is 5.56 Å². The number of nitrogens with one attached hydrogen (secondary N) is 1. The normalized spacial score (nSPS) is 10.9. The molecule has 0 radical (unpaired) electrons. The Labute approximate surface area is 183 Å². The van der Waals surface area contributed by atoms with Crippen molar-refractivity contribution in [2.45, 2.75) is 5.16 Å². The largest absolute Gasteiger partial charge is 0.325 e. The molecule has 1 N–H and O–H groups in total. The van der Waals surface area contributed by atoms with Crippen LogP contribution in [0.15, 0.2) is 46.0 Å². The lowest BCUT2D eigenvalue weighted by atomic mass is 10.2. The second-order valence-corrected chi connectivity index (χ2v) is 8.50. The predicted molar refractivity (Wildman–Crippen MR) is 115 cm³/mol. The van der Waals surface area contributed by atoms with Crippen LogP contribution in [0.5, 0.6) is 0 Å². The molecule has 2 aromatic carbocycles. The molecule has 140 valence electrons. The van der Waals surface area contributed by atoms with Gasteiger partial charge in [0.2, 0.25) is 5.91 Å². The van der Waals surface area contributed by atoms with E-state index in [1.807, 2.05) is 7.05 Å². The minimum Gasteiger partial charge on any atom is -0.325 e. The first-order chi connectivity index (χ1) is 12.8. The zero-order valence-corrected chi connectivity index (χ0v) is 18.5.